The Labute approximate surface area is 107 Å². The highest BCUT2D eigenvalue weighted by Crippen LogP contribution is 2.25. The minimum absolute atomic E-state index is 0.0605. The molecule has 1 aliphatic carbocycles. The molecule has 1 heterocycles. The van der Waals surface area contributed by atoms with Crippen LogP contribution in [-0.4, -0.2) is 29.5 Å². The number of amides is 1. The van der Waals surface area contributed by atoms with Crippen molar-refractivity contribution in [3.63, 3.8) is 0 Å². The Bertz CT molecular complexity index is 456. The molecular weight excluding hydrogens is 264 g/mol. The summed E-state index contributed by atoms with van der Waals surface area (Å²) in [5.74, 6) is -0.920. The van der Waals surface area contributed by atoms with Gasteiger partial charge in [-0.2, -0.15) is 0 Å². The van der Waals surface area contributed by atoms with E-state index in [1.807, 2.05) is 0 Å². The molecule has 1 saturated carbocycles. The molecule has 0 unspecified atom stereocenters. The van der Waals surface area contributed by atoms with Crippen LogP contribution < -0.4 is 5.32 Å². The number of thiazole rings is 1. The van der Waals surface area contributed by atoms with Crippen LogP contribution in [0.15, 0.2) is 0 Å². The van der Waals surface area contributed by atoms with Crippen LogP contribution in [0.1, 0.15) is 39.9 Å². The third-order valence-electron chi connectivity index (χ3n) is 2.19. The SMILES string of the molecule is CCOC(=O)c1sc(Cl)nc1C(=O)NC1CC1. The molecule has 92 valence electrons. The molecule has 1 aromatic rings. The van der Waals surface area contributed by atoms with Crippen molar-refractivity contribution in [1.82, 2.24) is 10.3 Å². The van der Waals surface area contributed by atoms with Gasteiger partial charge in [-0.25, -0.2) is 9.78 Å². The second kappa shape index (κ2) is 5.01. The van der Waals surface area contributed by atoms with Gasteiger partial charge in [0.05, 0.1) is 6.61 Å². The van der Waals surface area contributed by atoms with Crippen molar-refractivity contribution in [2.24, 2.45) is 0 Å². The Hall–Kier alpha value is -1.14. The number of rotatable bonds is 4. The smallest absolute Gasteiger partial charge is 0.350 e. The number of aromatic nitrogens is 1. The Kier molecular flexibility index (Phi) is 3.63. The standard InChI is InChI=1S/C10H11ClN2O3S/c1-2-16-9(15)7-6(13-10(11)17-7)8(14)12-5-3-4-5/h5H,2-4H2,1H3,(H,12,14). The Morgan fingerprint density at radius 3 is 2.88 bits per heavy atom. The fraction of sp³-hybridized carbons (Fsp3) is 0.500. The first-order chi connectivity index (χ1) is 8.11. The first-order valence-electron chi connectivity index (χ1n) is 5.26. The number of nitrogens with one attached hydrogen (secondary N) is 1. The van der Waals surface area contributed by atoms with Crippen LogP contribution in [0.5, 0.6) is 0 Å². The summed E-state index contributed by atoms with van der Waals surface area (Å²) in [6.07, 6.45) is 1.94. The van der Waals surface area contributed by atoms with Crippen molar-refractivity contribution < 1.29 is 14.3 Å². The lowest BCUT2D eigenvalue weighted by Gasteiger charge is -2.02. The van der Waals surface area contributed by atoms with Gasteiger partial charge in [0.15, 0.2) is 10.2 Å². The third kappa shape index (κ3) is 2.95. The molecule has 0 radical (unpaired) electrons. The molecule has 1 fully saturated rings. The van der Waals surface area contributed by atoms with Gasteiger partial charge in [0.25, 0.3) is 5.91 Å². The van der Waals surface area contributed by atoms with Crippen molar-refractivity contribution in [2.75, 3.05) is 6.61 Å². The molecule has 0 aliphatic heterocycles. The highest BCUT2D eigenvalue weighted by Gasteiger charge is 2.29. The summed E-state index contributed by atoms with van der Waals surface area (Å²) in [4.78, 5) is 27.4. The topological polar surface area (TPSA) is 68.3 Å². The van der Waals surface area contributed by atoms with E-state index in [2.05, 4.69) is 10.3 Å². The van der Waals surface area contributed by atoms with E-state index in [4.69, 9.17) is 16.3 Å². The maximum Gasteiger partial charge on any atom is 0.350 e. The van der Waals surface area contributed by atoms with E-state index in [0.29, 0.717) is 0 Å². The van der Waals surface area contributed by atoms with Gasteiger partial charge < -0.3 is 10.1 Å². The lowest BCUT2D eigenvalue weighted by Crippen LogP contribution is -2.27. The highest BCUT2D eigenvalue weighted by atomic mass is 35.5. The molecule has 5 nitrogen and oxygen atoms in total. The zero-order valence-corrected chi connectivity index (χ0v) is 10.7. The molecule has 0 spiro atoms. The first-order valence-corrected chi connectivity index (χ1v) is 6.45. The lowest BCUT2D eigenvalue weighted by molar-refractivity contribution is 0.0528. The molecule has 1 N–H and O–H groups in total. The van der Waals surface area contributed by atoms with Crippen molar-refractivity contribution in [2.45, 2.75) is 25.8 Å². The Morgan fingerprint density at radius 2 is 2.29 bits per heavy atom. The van der Waals surface area contributed by atoms with E-state index < -0.39 is 5.97 Å². The van der Waals surface area contributed by atoms with Gasteiger partial charge in [-0.15, -0.1) is 0 Å². The predicted octanol–water partition coefficient (Wildman–Crippen LogP) is 1.87. The van der Waals surface area contributed by atoms with Gasteiger partial charge in [-0.05, 0) is 19.8 Å². The monoisotopic (exact) mass is 274 g/mol. The molecule has 1 aliphatic rings. The average molecular weight is 275 g/mol. The Morgan fingerprint density at radius 1 is 1.59 bits per heavy atom. The zero-order valence-electron chi connectivity index (χ0n) is 9.16. The number of carbonyl (C=O) groups is 2. The summed E-state index contributed by atoms with van der Waals surface area (Å²) in [5.41, 5.74) is 0.0605. The summed E-state index contributed by atoms with van der Waals surface area (Å²) in [6, 6.07) is 0.207. The molecule has 0 aromatic carbocycles. The molecule has 17 heavy (non-hydrogen) atoms. The van der Waals surface area contributed by atoms with Gasteiger partial charge >= 0.3 is 5.97 Å². The van der Waals surface area contributed by atoms with E-state index in [9.17, 15) is 9.59 Å². The largest absolute Gasteiger partial charge is 0.462 e. The minimum atomic E-state index is -0.558. The van der Waals surface area contributed by atoms with E-state index in [1.165, 1.54) is 0 Å². The quantitative estimate of drug-likeness (QED) is 0.851. The molecule has 1 amide bonds. The van der Waals surface area contributed by atoms with Gasteiger partial charge in [-0.3, -0.25) is 4.79 Å². The summed E-state index contributed by atoms with van der Waals surface area (Å²) in [5, 5.41) is 2.76. The van der Waals surface area contributed by atoms with Gasteiger partial charge in [0, 0.05) is 6.04 Å². The van der Waals surface area contributed by atoms with E-state index in [0.717, 1.165) is 24.2 Å². The van der Waals surface area contributed by atoms with Crippen molar-refractivity contribution >= 4 is 34.8 Å². The number of esters is 1. The van der Waals surface area contributed by atoms with Crippen LogP contribution in [0.25, 0.3) is 0 Å². The maximum atomic E-state index is 11.8. The maximum absolute atomic E-state index is 11.8. The highest BCUT2D eigenvalue weighted by molar-refractivity contribution is 7.17. The first kappa shape index (κ1) is 12.3. The van der Waals surface area contributed by atoms with Crippen LogP contribution in [0.4, 0.5) is 0 Å². The van der Waals surface area contributed by atoms with Crippen molar-refractivity contribution in [1.29, 1.82) is 0 Å². The average Bonchev–Trinajstić information content (AvgIpc) is 2.99. The molecule has 1 aromatic heterocycles. The fourth-order valence-electron chi connectivity index (χ4n) is 1.26. The Balaban J connectivity index is 2.19. The van der Waals surface area contributed by atoms with E-state index in [-0.39, 0.29) is 33.6 Å². The number of hydrogen-bond acceptors (Lipinski definition) is 5. The van der Waals surface area contributed by atoms with Gasteiger partial charge in [-0.1, -0.05) is 22.9 Å². The normalized spacial score (nSPS) is 14.5. The lowest BCUT2D eigenvalue weighted by atomic mass is 10.3. The molecule has 7 heteroatoms. The van der Waals surface area contributed by atoms with Gasteiger partial charge in [0.2, 0.25) is 0 Å². The number of halogens is 1. The summed E-state index contributed by atoms with van der Waals surface area (Å²) in [7, 11) is 0. The number of carbonyl (C=O) groups excluding carboxylic acids is 2. The molecular formula is C10H11ClN2O3S. The molecule has 0 bridgehead atoms. The number of nitrogens with zero attached hydrogens (tertiary/aromatic N) is 1. The van der Waals surface area contributed by atoms with E-state index >= 15 is 0 Å². The van der Waals surface area contributed by atoms with Crippen molar-refractivity contribution in [3.8, 4) is 0 Å². The minimum Gasteiger partial charge on any atom is -0.462 e. The zero-order chi connectivity index (χ0) is 12.4. The van der Waals surface area contributed by atoms with Crippen molar-refractivity contribution in [3.05, 3.63) is 15.0 Å². The predicted molar refractivity (Wildman–Crippen MR) is 63.6 cm³/mol. The summed E-state index contributed by atoms with van der Waals surface area (Å²) >= 11 is 6.68. The third-order valence-corrected chi connectivity index (χ3v) is 3.33. The molecule has 2 rings (SSSR count). The van der Waals surface area contributed by atoms with E-state index in [1.54, 1.807) is 6.92 Å². The second-order valence-corrected chi connectivity index (χ2v) is 5.19. The molecule has 0 saturated heterocycles. The fourth-order valence-corrected chi connectivity index (χ4v) is 2.26. The van der Waals surface area contributed by atoms with Gasteiger partial charge in [0.1, 0.15) is 4.88 Å². The summed E-state index contributed by atoms with van der Waals surface area (Å²) < 4.78 is 5.01. The summed E-state index contributed by atoms with van der Waals surface area (Å²) in [6.45, 7) is 1.95. The van der Waals surface area contributed by atoms with Crippen LogP contribution >= 0.6 is 22.9 Å². The van der Waals surface area contributed by atoms with Crippen LogP contribution in [0, 0.1) is 0 Å². The second-order valence-electron chi connectivity index (χ2n) is 3.61. The number of ether oxygens (including phenoxy) is 1. The van der Waals surface area contributed by atoms with Crippen LogP contribution in [-0.2, 0) is 4.74 Å². The molecule has 0 atom stereocenters. The van der Waals surface area contributed by atoms with Crippen LogP contribution in [0.3, 0.4) is 0 Å². The van der Waals surface area contributed by atoms with Crippen LogP contribution in [0.2, 0.25) is 4.47 Å². The number of hydrogen-bond donors (Lipinski definition) is 1.